The van der Waals surface area contributed by atoms with Gasteiger partial charge in [-0.1, -0.05) is 29.0 Å². The van der Waals surface area contributed by atoms with Gasteiger partial charge in [0, 0.05) is 13.5 Å². The molecule has 4 heteroatoms. The summed E-state index contributed by atoms with van der Waals surface area (Å²) in [5.41, 5.74) is 0. The third-order valence-corrected chi connectivity index (χ3v) is 1.55. The number of hydrogen-bond acceptors (Lipinski definition) is 2. The molecule has 0 radical (unpaired) electrons. The summed E-state index contributed by atoms with van der Waals surface area (Å²) in [6.45, 7) is 1.44. The molecule has 0 unspecified atom stereocenters. The minimum absolute atomic E-state index is 0.358. The van der Waals surface area contributed by atoms with Gasteiger partial charge in [-0.25, -0.2) is 0 Å². The molecule has 0 aliphatic carbocycles. The number of aliphatic hydroxyl groups excluding tert-OH is 1. The number of halogens is 1. The number of carboxylic acid groups (broad SMARTS) is 1. The number of unbranched alkanes of at least 4 members (excludes halogenated alkanes) is 2. The van der Waals surface area contributed by atoms with Crippen LogP contribution in [0.25, 0.3) is 0 Å². The quantitative estimate of drug-likeness (QED) is 0.466. The number of carbonyl (C=O) groups is 1. The van der Waals surface area contributed by atoms with Crippen molar-refractivity contribution in [3.63, 3.8) is 0 Å². The summed E-state index contributed by atoms with van der Waals surface area (Å²) in [6.07, 6.45) is 3.41. The van der Waals surface area contributed by atoms with Crippen molar-refractivity contribution in [2.45, 2.75) is 26.2 Å². The van der Waals surface area contributed by atoms with E-state index in [2.05, 4.69) is 22.6 Å². The Hall–Kier alpha value is 0.160. The SMILES string of the molecule is CC(=O)O.OCCCCCI. The maximum Gasteiger partial charge on any atom is 0.300 e. The van der Waals surface area contributed by atoms with E-state index in [0.717, 1.165) is 13.3 Å². The third kappa shape index (κ3) is 39.1. The van der Waals surface area contributed by atoms with E-state index < -0.39 is 5.97 Å². The van der Waals surface area contributed by atoms with Crippen molar-refractivity contribution in [2.24, 2.45) is 0 Å². The van der Waals surface area contributed by atoms with E-state index in [4.69, 9.17) is 15.0 Å². The molecular weight excluding hydrogens is 259 g/mol. The smallest absolute Gasteiger partial charge is 0.300 e. The van der Waals surface area contributed by atoms with E-state index in [0.29, 0.717) is 6.61 Å². The fourth-order valence-electron chi connectivity index (χ4n) is 0.383. The van der Waals surface area contributed by atoms with E-state index >= 15 is 0 Å². The van der Waals surface area contributed by atoms with Crippen molar-refractivity contribution < 1.29 is 15.0 Å². The molecule has 0 rings (SSSR count). The van der Waals surface area contributed by atoms with Crippen LogP contribution in [0.4, 0.5) is 0 Å². The van der Waals surface area contributed by atoms with Gasteiger partial charge in [0.1, 0.15) is 0 Å². The number of carboxylic acids is 1. The summed E-state index contributed by atoms with van der Waals surface area (Å²) in [7, 11) is 0. The first-order valence-electron chi connectivity index (χ1n) is 3.51. The van der Waals surface area contributed by atoms with Gasteiger partial charge >= 0.3 is 0 Å². The molecule has 0 saturated heterocycles. The van der Waals surface area contributed by atoms with Crippen molar-refractivity contribution in [1.82, 2.24) is 0 Å². The van der Waals surface area contributed by atoms with Crippen molar-refractivity contribution in [1.29, 1.82) is 0 Å². The highest BCUT2D eigenvalue weighted by Gasteiger charge is 1.81. The summed E-state index contributed by atoms with van der Waals surface area (Å²) in [6, 6.07) is 0. The van der Waals surface area contributed by atoms with Crippen molar-refractivity contribution in [2.75, 3.05) is 11.0 Å². The minimum atomic E-state index is -0.833. The molecule has 2 N–H and O–H groups in total. The van der Waals surface area contributed by atoms with Gasteiger partial charge in [0.2, 0.25) is 0 Å². The molecule has 68 valence electrons. The van der Waals surface area contributed by atoms with Gasteiger partial charge in [-0.15, -0.1) is 0 Å². The van der Waals surface area contributed by atoms with Gasteiger partial charge in [-0.3, -0.25) is 4.79 Å². The first-order valence-corrected chi connectivity index (χ1v) is 5.04. The normalized spacial score (nSPS) is 8.27. The van der Waals surface area contributed by atoms with Gasteiger partial charge in [0.05, 0.1) is 0 Å². The molecule has 11 heavy (non-hydrogen) atoms. The third-order valence-electron chi connectivity index (χ3n) is 0.792. The Labute approximate surface area is 80.9 Å². The maximum absolute atomic E-state index is 9.00. The van der Waals surface area contributed by atoms with E-state index in [-0.39, 0.29) is 0 Å². The molecule has 0 atom stereocenters. The highest BCUT2D eigenvalue weighted by molar-refractivity contribution is 14.1. The lowest BCUT2D eigenvalue weighted by Crippen LogP contribution is -1.81. The zero-order valence-corrected chi connectivity index (χ0v) is 8.87. The molecule has 0 aliphatic heterocycles. The Balaban J connectivity index is 0. The van der Waals surface area contributed by atoms with Crippen LogP contribution in [0.5, 0.6) is 0 Å². The topological polar surface area (TPSA) is 57.5 Å². The molecule has 0 fully saturated rings. The fraction of sp³-hybridized carbons (Fsp3) is 0.857. The number of aliphatic hydroxyl groups is 1. The van der Waals surface area contributed by atoms with Gasteiger partial charge in [-0.05, 0) is 17.3 Å². The number of rotatable bonds is 4. The first kappa shape index (κ1) is 13.7. The van der Waals surface area contributed by atoms with Crippen molar-refractivity contribution in [3.8, 4) is 0 Å². The van der Waals surface area contributed by atoms with Crippen LogP contribution >= 0.6 is 22.6 Å². The van der Waals surface area contributed by atoms with Gasteiger partial charge in [-0.2, -0.15) is 0 Å². The predicted octanol–water partition coefficient (Wildman–Crippen LogP) is 1.67. The molecule has 0 bridgehead atoms. The maximum atomic E-state index is 9.00. The summed E-state index contributed by atoms with van der Waals surface area (Å²) in [5, 5.41) is 15.7. The highest BCUT2D eigenvalue weighted by atomic mass is 127. The number of alkyl halides is 1. The van der Waals surface area contributed by atoms with Crippen LogP contribution in [0.2, 0.25) is 0 Å². The monoisotopic (exact) mass is 274 g/mol. The molecule has 0 aromatic rings. The van der Waals surface area contributed by atoms with E-state index in [9.17, 15) is 0 Å². The Morgan fingerprint density at radius 2 is 1.82 bits per heavy atom. The second-order valence-electron chi connectivity index (χ2n) is 1.99. The number of aliphatic carboxylic acids is 1. The molecule has 3 nitrogen and oxygen atoms in total. The van der Waals surface area contributed by atoms with Crippen LogP contribution in [0.15, 0.2) is 0 Å². The van der Waals surface area contributed by atoms with Crippen molar-refractivity contribution in [3.05, 3.63) is 0 Å². The molecule has 0 spiro atoms. The van der Waals surface area contributed by atoms with Crippen LogP contribution in [0.1, 0.15) is 26.2 Å². The molecule has 0 saturated carbocycles. The van der Waals surface area contributed by atoms with Crippen LogP contribution in [-0.4, -0.2) is 27.2 Å². The van der Waals surface area contributed by atoms with Crippen LogP contribution in [0.3, 0.4) is 0 Å². The van der Waals surface area contributed by atoms with Crippen molar-refractivity contribution >= 4 is 28.6 Å². The van der Waals surface area contributed by atoms with Gasteiger partial charge < -0.3 is 10.2 Å². The largest absolute Gasteiger partial charge is 0.481 e. The zero-order valence-electron chi connectivity index (χ0n) is 6.72. The Morgan fingerprint density at radius 3 is 2.09 bits per heavy atom. The molecule has 0 aliphatic rings. The molecule has 0 heterocycles. The molecule has 0 amide bonds. The summed E-state index contributed by atoms with van der Waals surface area (Å²) >= 11 is 2.35. The molecule has 0 aromatic heterocycles. The van der Waals surface area contributed by atoms with Crippen LogP contribution < -0.4 is 0 Å². The summed E-state index contributed by atoms with van der Waals surface area (Å²) in [4.78, 5) is 9.00. The van der Waals surface area contributed by atoms with E-state index in [1.54, 1.807) is 0 Å². The fourth-order valence-corrected chi connectivity index (χ4v) is 0.922. The van der Waals surface area contributed by atoms with E-state index in [1.807, 2.05) is 0 Å². The summed E-state index contributed by atoms with van der Waals surface area (Å²) < 4.78 is 1.22. The molecule has 0 aromatic carbocycles. The second-order valence-corrected chi connectivity index (χ2v) is 3.07. The average molecular weight is 274 g/mol. The first-order chi connectivity index (χ1) is 5.15. The lowest BCUT2D eigenvalue weighted by atomic mass is 10.3. The lowest BCUT2D eigenvalue weighted by Gasteiger charge is -1.89. The Kier molecular flexibility index (Phi) is 16.0. The van der Waals surface area contributed by atoms with E-state index in [1.165, 1.54) is 17.3 Å². The van der Waals surface area contributed by atoms with Gasteiger partial charge in [0.25, 0.3) is 5.97 Å². The van der Waals surface area contributed by atoms with Crippen LogP contribution in [0, 0.1) is 0 Å². The minimum Gasteiger partial charge on any atom is -0.481 e. The standard InChI is InChI=1S/C5H11IO.C2H4O2/c6-4-2-1-3-5-7;1-2(3)4/h7H,1-5H2;1H3,(H,3,4). The second kappa shape index (κ2) is 12.8. The zero-order chi connectivity index (χ0) is 9.11. The average Bonchev–Trinajstić information content (AvgIpc) is 1.88. The van der Waals surface area contributed by atoms with Gasteiger partial charge in [0.15, 0.2) is 0 Å². The molecular formula is C7H15IO3. The Morgan fingerprint density at radius 1 is 1.36 bits per heavy atom. The highest BCUT2D eigenvalue weighted by Crippen LogP contribution is 1.96. The lowest BCUT2D eigenvalue weighted by molar-refractivity contribution is -0.134. The Bertz CT molecular complexity index is 77.8. The van der Waals surface area contributed by atoms with Crippen LogP contribution in [-0.2, 0) is 4.79 Å². The summed E-state index contributed by atoms with van der Waals surface area (Å²) in [5.74, 6) is -0.833. The predicted molar refractivity (Wildman–Crippen MR) is 53.1 cm³/mol. The number of hydrogen-bond donors (Lipinski definition) is 2.